The second-order valence-corrected chi connectivity index (χ2v) is 14.8. The average molecular weight is 511 g/mol. The molecule has 6 aliphatic rings. The first-order chi connectivity index (χ1) is 18.2. The lowest BCUT2D eigenvalue weighted by molar-refractivity contribution is -0.127. The lowest BCUT2D eigenvalue weighted by atomic mass is 9.55. The van der Waals surface area contributed by atoms with Crippen LogP contribution >= 0.6 is 0 Å². The van der Waals surface area contributed by atoms with E-state index in [-0.39, 0.29) is 6.04 Å². The highest BCUT2D eigenvalue weighted by atomic mass is 16.1. The molecule has 0 radical (unpaired) electrons. The molecule has 210 valence electrons. The minimum absolute atomic E-state index is 0.0977. The summed E-state index contributed by atoms with van der Waals surface area (Å²) in [5, 5.41) is 3.87. The Kier molecular flexibility index (Phi) is 8.68. The van der Waals surface area contributed by atoms with E-state index in [9.17, 15) is 4.79 Å². The summed E-state index contributed by atoms with van der Waals surface area (Å²) in [5.41, 5.74) is 0.976. The van der Waals surface area contributed by atoms with Crippen molar-refractivity contribution in [3.05, 3.63) is 0 Å². The molecule has 1 atom stereocenters. The summed E-state index contributed by atoms with van der Waals surface area (Å²) in [6.07, 6.45) is 33.9. The first-order valence-electron chi connectivity index (χ1n) is 17.2. The Bertz CT molecular complexity index is 683. The molecular weight excluding hydrogens is 452 g/mol. The van der Waals surface area contributed by atoms with Gasteiger partial charge in [0.2, 0.25) is 0 Å². The Labute approximate surface area is 228 Å². The lowest BCUT2D eigenvalue weighted by Crippen LogP contribution is -2.64. The third-order valence-corrected chi connectivity index (χ3v) is 13.0. The highest BCUT2D eigenvalue weighted by molar-refractivity contribution is 5.87. The number of ketones is 1. The maximum absolute atomic E-state index is 14.0. The van der Waals surface area contributed by atoms with Crippen molar-refractivity contribution in [1.29, 1.82) is 0 Å². The van der Waals surface area contributed by atoms with Crippen LogP contribution in [0.5, 0.6) is 0 Å². The number of nitrogens with one attached hydrogen (secondary N) is 1. The van der Waals surface area contributed by atoms with E-state index in [4.69, 9.17) is 0 Å². The van der Waals surface area contributed by atoms with Gasteiger partial charge in [-0.25, -0.2) is 0 Å². The molecule has 0 bridgehead atoms. The predicted octanol–water partition coefficient (Wildman–Crippen LogP) is 8.41. The van der Waals surface area contributed by atoms with Crippen LogP contribution in [0, 0.1) is 29.1 Å². The van der Waals surface area contributed by atoms with Crippen molar-refractivity contribution in [2.75, 3.05) is 13.2 Å². The number of rotatable bonds is 6. The van der Waals surface area contributed by atoms with Crippen molar-refractivity contribution in [1.82, 2.24) is 10.2 Å². The largest absolute Gasteiger partial charge is 0.298 e. The van der Waals surface area contributed by atoms with Gasteiger partial charge in [0.1, 0.15) is 0 Å². The molecule has 0 aromatic rings. The zero-order valence-electron chi connectivity index (χ0n) is 24.1. The van der Waals surface area contributed by atoms with E-state index in [1.165, 1.54) is 154 Å². The summed E-state index contributed by atoms with van der Waals surface area (Å²) in [6.45, 7) is 2.00. The summed E-state index contributed by atoms with van der Waals surface area (Å²) in [6, 6.07) is 0.0977. The van der Waals surface area contributed by atoms with E-state index >= 15 is 0 Å². The molecule has 0 aromatic carbocycles. The highest BCUT2D eigenvalue weighted by Gasteiger charge is 2.56. The smallest absolute Gasteiger partial charge is 0.154 e. The molecule has 1 saturated heterocycles. The molecule has 0 amide bonds. The van der Waals surface area contributed by atoms with Crippen LogP contribution in [-0.2, 0) is 4.79 Å². The molecule has 5 saturated carbocycles. The van der Waals surface area contributed by atoms with Gasteiger partial charge in [-0.05, 0) is 100 Å². The number of Topliss-reactive ketones (excluding diaryl/α,β-unsaturated/α-hetero) is 1. The monoisotopic (exact) mass is 510 g/mol. The van der Waals surface area contributed by atoms with Crippen LogP contribution in [0.15, 0.2) is 0 Å². The minimum Gasteiger partial charge on any atom is -0.298 e. The maximum Gasteiger partial charge on any atom is 0.154 e. The summed E-state index contributed by atoms with van der Waals surface area (Å²) in [4.78, 5) is 16.9. The van der Waals surface area contributed by atoms with Gasteiger partial charge < -0.3 is 0 Å². The standard InChI is InChI=1S/C34H58N2O/c37-32(27-19-23-33(24-20-27)21-11-4-12-22-33)31-25-36(26-35-31)34(28-13-5-1-6-14-28,29-15-7-2-8-16-29)30-17-9-3-10-18-30/h27-31,35H,1-26H2. The quantitative estimate of drug-likeness (QED) is 0.389. The van der Waals surface area contributed by atoms with Crippen molar-refractivity contribution in [2.45, 2.75) is 166 Å². The molecule has 6 fully saturated rings. The number of hydrogen-bond acceptors (Lipinski definition) is 3. The van der Waals surface area contributed by atoms with Gasteiger partial charge in [0, 0.05) is 24.7 Å². The Morgan fingerprint density at radius 1 is 0.595 bits per heavy atom. The fourth-order valence-corrected chi connectivity index (χ4v) is 11.1. The molecular formula is C34H58N2O. The van der Waals surface area contributed by atoms with Gasteiger partial charge in [0.15, 0.2) is 5.78 Å². The SMILES string of the molecule is O=C(C1CCC2(CCCCC2)CC1)C1CN(C(C2CCCCC2)(C2CCCCC2)C2CCCCC2)CN1. The topological polar surface area (TPSA) is 32.3 Å². The molecule has 1 heterocycles. The predicted molar refractivity (Wildman–Crippen MR) is 153 cm³/mol. The first-order valence-corrected chi connectivity index (χ1v) is 17.2. The second-order valence-electron chi connectivity index (χ2n) is 14.8. The van der Waals surface area contributed by atoms with E-state index in [1.54, 1.807) is 0 Å². The number of carbonyl (C=O) groups excluding carboxylic acids is 1. The number of hydrogen-bond donors (Lipinski definition) is 1. The molecule has 0 aromatic heterocycles. The van der Waals surface area contributed by atoms with Crippen LogP contribution in [0.3, 0.4) is 0 Å². The first kappa shape index (κ1) is 26.8. The van der Waals surface area contributed by atoms with Crippen LogP contribution in [-0.4, -0.2) is 35.5 Å². The van der Waals surface area contributed by atoms with Crippen molar-refractivity contribution in [3.63, 3.8) is 0 Å². The summed E-state index contributed by atoms with van der Waals surface area (Å²) in [5.74, 6) is 3.52. The third kappa shape index (κ3) is 5.36. The van der Waals surface area contributed by atoms with Crippen molar-refractivity contribution < 1.29 is 4.79 Å². The van der Waals surface area contributed by atoms with Gasteiger partial charge in [-0.2, -0.15) is 0 Å². The fraction of sp³-hybridized carbons (Fsp3) is 0.971. The number of carbonyl (C=O) groups is 1. The van der Waals surface area contributed by atoms with E-state index in [0.29, 0.717) is 22.7 Å². The van der Waals surface area contributed by atoms with Gasteiger partial charge in [-0.3, -0.25) is 15.0 Å². The van der Waals surface area contributed by atoms with Crippen LogP contribution in [0.1, 0.15) is 154 Å². The molecule has 1 N–H and O–H groups in total. The molecule has 3 heteroatoms. The van der Waals surface area contributed by atoms with Crippen LogP contribution in [0.4, 0.5) is 0 Å². The molecule has 1 aliphatic heterocycles. The van der Waals surface area contributed by atoms with Crippen molar-refractivity contribution in [2.24, 2.45) is 29.1 Å². The van der Waals surface area contributed by atoms with E-state index in [0.717, 1.165) is 31.0 Å². The summed E-state index contributed by atoms with van der Waals surface area (Å²) < 4.78 is 0. The Balaban J connectivity index is 1.20. The lowest BCUT2D eigenvalue weighted by Gasteiger charge is -2.59. The molecule has 37 heavy (non-hydrogen) atoms. The second kappa shape index (κ2) is 12.0. The molecule has 5 aliphatic carbocycles. The van der Waals surface area contributed by atoms with Crippen LogP contribution in [0.25, 0.3) is 0 Å². The van der Waals surface area contributed by atoms with Crippen LogP contribution in [0.2, 0.25) is 0 Å². The molecule has 6 rings (SSSR count). The van der Waals surface area contributed by atoms with Gasteiger partial charge >= 0.3 is 0 Å². The molecule has 3 nitrogen and oxygen atoms in total. The van der Waals surface area contributed by atoms with Gasteiger partial charge in [0.05, 0.1) is 6.04 Å². The molecule has 1 unspecified atom stereocenters. The van der Waals surface area contributed by atoms with E-state index < -0.39 is 0 Å². The summed E-state index contributed by atoms with van der Waals surface area (Å²) >= 11 is 0. The van der Waals surface area contributed by atoms with Crippen molar-refractivity contribution >= 4 is 5.78 Å². The van der Waals surface area contributed by atoms with E-state index in [2.05, 4.69) is 10.2 Å². The zero-order valence-corrected chi connectivity index (χ0v) is 24.1. The fourth-order valence-electron chi connectivity index (χ4n) is 11.1. The van der Waals surface area contributed by atoms with Crippen LogP contribution < -0.4 is 5.32 Å². The average Bonchev–Trinajstić information content (AvgIpc) is 3.46. The third-order valence-electron chi connectivity index (χ3n) is 13.0. The normalized spacial score (nSPS) is 32.2. The minimum atomic E-state index is 0.0977. The van der Waals surface area contributed by atoms with Gasteiger partial charge in [-0.1, -0.05) is 77.0 Å². The Hall–Kier alpha value is -0.410. The van der Waals surface area contributed by atoms with Crippen molar-refractivity contribution in [3.8, 4) is 0 Å². The number of nitrogens with zero attached hydrogens (tertiary/aromatic N) is 1. The molecule has 1 spiro atoms. The highest BCUT2D eigenvalue weighted by Crippen LogP contribution is 2.55. The van der Waals surface area contributed by atoms with Gasteiger partial charge in [0.25, 0.3) is 0 Å². The zero-order chi connectivity index (χ0) is 25.1. The summed E-state index contributed by atoms with van der Waals surface area (Å²) in [7, 11) is 0. The Morgan fingerprint density at radius 3 is 1.54 bits per heavy atom. The van der Waals surface area contributed by atoms with Gasteiger partial charge in [-0.15, -0.1) is 0 Å². The maximum atomic E-state index is 14.0. The Morgan fingerprint density at radius 2 is 1.05 bits per heavy atom. The van der Waals surface area contributed by atoms with E-state index in [1.807, 2.05) is 0 Å².